The first-order valence-corrected chi connectivity index (χ1v) is 7.13. The van der Waals surface area contributed by atoms with Gasteiger partial charge in [-0.25, -0.2) is 0 Å². The Kier molecular flexibility index (Phi) is 6.56. The van der Waals surface area contributed by atoms with Crippen LogP contribution >= 0.6 is 0 Å². The molecule has 3 atom stereocenters. The van der Waals surface area contributed by atoms with Crippen molar-refractivity contribution in [1.29, 1.82) is 0 Å². The predicted molar refractivity (Wildman–Crippen MR) is 69.6 cm³/mol. The molecule has 0 saturated heterocycles. The molecule has 2 N–H and O–H groups in total. The van der Waals surface area contributed by atoms with Crippen LogP contribution in [-0.4, -0.2) is 18.6 Å². The lowest BCUT2D eigenvalue weighted by atomic mass is 9.84. The van der Waals surface area contributed by atoms with Gasteiger partial charge in [0.1, 0.15) is 6.10 Å². The van der Waals surface area contributed by atoms with E-state index in [-0.39, 0.29) is 18.0 Å². The summed E-state index contributed by atoms with van der Waals surface area (Å²) in [6.07, 6.45) is 7.80. The van der Waals surface area contributed by atoms with Crippen molar-refractivity contribution in [2.75, 3.05) is 6.54 Å². The molecular formula is C14H27NO2. The van der Waals surface area contributed by atoms with Crippen molar-refractivity contribution in [3.8, 4) is 0 Å². The second-order valence-corrected chi connectivity index (χ2v) is 5.15. The second-order valence-electron chi connectivity index (χ2n) is 5.15. The fraction of sp³-hybridized carbons (Fsp3) is 0.929. The van der Waals surface area contributed by atoms with Crippen LogP contribution < -0.4 is 5.73 Å². The van der Waals surface area contributed by atoms with E-state index < -0.39 is 0 Å². The molecule has 0 heterocycles. The van der Waals surface area contributed by atoms with Crippen LogP contribution in [0.5, 0.6) is 0 Å². The first-order valence-electron chi connectivity index (χ1n) is 7.13. The number of hydrogen-bond donors (Lipinski definition) is 1. The first kappa shape index (κ1) is 14.5. The molecule has 0 bridgehead atoms. The van der Waals surface area contributed by atoms with Gasteiger partial charge in [-0.1, -0.05) is 26.7 Å². The molecule has 0 aromatic carbocycles. The van der Waals surface area contributed by atoms with E-state index in [0.717, 1.165) is 25.7 Å². The van der Waals surface area contributed by atoms with Gasteiger partial charge in [0, 0.05) is 6.54 Å². The Morgan fingerprint density at radius 2 is 2.06 bits per heavy atom. The van der Waals surface area contributed by atoms with Crippen LogP contribution in [0.25, 0.3) is 0 Å². The Hall–Kier alpha value is -0.570. The number of esters is 1. The number of ether oxygens (including phenoxy) is 1. The molecule has 0 amide bonds. The van der Waals surface area contributed by atoms with Gasteiger partial charge in [-0.15, -0.1) is 0 Å². The van der Waals surface area contributed by atoms with Crippen molar-refractivity contribution < 1.29 is 9.53 Å². The maximum atomic E-state index is 12.0. The first-order chi connectivity index (χ1) is 8.22. The third-order valence-corrected chi connectivity index (χ3v) is 3.89. The molecule has 1 rings (SSSR count). The van der Waals surface area contributed by atoms with Crippen molar-refractivity contribution in [3.05, 3.63) is 0 Å². The van der Waals surface area contributed by atoms with Crippen LogP contribution in [0.4, 0.5) is 0 Å². The van der Waals surface area contributed by atoms with E-state index in [2.05, 4.69) is 13.8 Å². The van der Waals surface area contributed by atoms with Gasteiger partial charge in [0.15, 0.2) is 0 Å². The van der Waals surface area contributed by atoms with Crippen LogP contribution in [-0.2, 0) is 9.53 Å². The lowest BCUT2D eigenvalue weighted by Gasteiger charge is -2.31. The van der Waals surface area contributed by atoms with Crippen molar-refractivity contribution in [3.63, 3.8) is 0 Å². The fourth-order valence-electron chi connectivity index (χ4n) is 2.72. The molecule has 0 aromatic rings. The normalized spacial score (nSPS) is 26.5. The highest BCUT2D eigenvalue weighted by molar-refractivity contribution is 5.72. The smallest absolute Gasteiger partial charge is 0.310 e. The molecule has 0 radical (unpaired) electrons. The zero-order valence-corrected chi connectivity index (χ0v) is 11.3. The van der Waals surface area contributed by atoms with E-state index in [4.69, 9.17) is 10.5 Å². The number of carbonyl (C=O) groups is 1. The molecule has 1 fully saturated rings. The Balaban J connectivity index is 2.47. The third kappa shape index (κ3) is 4.30. The summed E-state index contributed by atoms with van der Waals surface area (Å²) in [5.41, 5.74) is 5.63. The molecule has 3 heteroatoms. The Bertz CT molecular complexity index is 230. The van der Waals surface area contributed by atoms with Crippen molar-refractivity contribution in [2.45, 2.75) is 64.9 Å². The van der Waals surface area contributed by atoms with Crippen LogP contribution in [0.1, 0.15) is 58.8 Å². The summed E-state index contributed by atoms with van der Waals surface area (Å²) in [6, 6.07) is 0. The maximum absolute atomic E-state index is 12.0. The van der Waals surface area contributed by atoms with E-state index in [1.54, 1.807) is 0 Å². The molecule has 3 nitrogen and oxygen atoms in total. The minimum atomic E-state index is -0.0977. The van der Waals surface area contributed by atoms with E-state index in [0.29, 0.717) is 12.5 Å². The van der Waals surface area contributed by atoms with Gasteiger partial charge in [0.05, 0.1) is 5.92 Å². The van der Waals surface area contributed by atoms with E-state index in [9.17, 15) is 4.79 Å². The molecular weight excluding hydrogens is 214 g/mol. The molecule has 17 heavy (non-hydrogen) atoms. The van der Waals surface area contributed by atoms with Crippen LogP contribution in [0.2, 0.25) is 0 Å². The maximum Gasteiger partial charge on any atom is 0.310 e. The molecule has 1 aliphatic rings. The fourth-order valence-corrected chi connectivity index (χ4v) is 2.72. The molecule has 0 aromatic heterocycles. The van der Waals surface area contributed by atoms with Gasteiger partial charge in [0.2, 0.25) is 0 Å². The van der Waals surface area contributed by atoms with Gasteiger partial charge in [-0.05, 0) is 38.0 Å². The SMILES string of the molecule is CCCC(CN)C(=O)OC1CCCCC1CC. The summed E-state index contributed by atoms with van der Waals surface area (Å²) in [5, 5.41) is 0. The average molecular weight is 241 g/mol. The number of rotatable bonds is 6. The quantitative estimate of drug-likeness (QED) is 0.727. The highest BCUT2D eigenvalue weighted by Gasteiger charge is 2.29. The van der Waals surface area contributed by atoms with E-state index >= 15 is 0 Å². The minimum Gasteiger partial charge on any atom is -0.462 e. The van der Waals surface area contributed by atoms with Gasteiger partial charge in [-0.2, -0.15) is 0 Å². The number of hydrogen-bond acceptors (Lipinski definition) is 3. The lowest BCUT2D eigenvalue weighted by molar-refractivity contribution is -0.158. The molecule has 100 valence electrons. The Morgan fingerprint density at radius 3 is 2.65 bits per heavy atom. The summed E-state index contributed by atoms with van der Waals surface area (Å²) in [5.74, 6) is 0.395. The van der Waals surface area contributed by atoms with Gasteiger partial charge < -0.3 is 10.5 Å². The number of carbonyl (C=O) groups excluding carboxylic acids is 1. The van der Waals surface area contributed by atoms with Crippen molar-refractivity contribution in [1.82, 2.24) is 0 Å². The zero-order valence-electron chi connectivity index (χ0n) is 11.3. The highest BCUT2D eigenvalue weighted by atomic mass is 16.5. The Morgan fingerprint density at radius 1 is 1.35 bits per heavy atom. The minimum absolute atomic E-state index is 0.0697. The summed E-state index contributed by atoms with van der Waals surface area (Å²) >= 11 is 0. The van der Waals surface area contributed by atoms with Crippen molar-refractivity contribution >= 4 is 5.97 Å². The van der Waals surface area contributed by atoms with Crippen LogP contribution in [0.3, 0.4) is 0 Å². The van der Waals surface area contributed by atoms with Crippen molar-refractivity contribution in [2.24, 2.45) is 17.6 Å². The molecule has 1 aliphatic carbocycles. The summed E-state index contributed by atoms with van der Waals surface area (Å²) in [6.45, 7) is 4.67. The van der Waals surface area contributed by atoms with Crippen LogP contribution in [0.15, 0.2) is 0 Å². The average Bonchev–Trinajstić information content (AvgIpc) is 2.36. The Labute approximate surface area is 105 Å². The largest absolute Gasteiger partial charge is 0.462 e. The van der Waals surface area contributed by atoms with Gasteiger partial charge >= 0.3 is 5.97 Å². The van der Waals surface area contributed by atoms with Crippen LogP contribution in [0, 0.1) is 11.8 Å². The second kappa shape index (κ2) is 7.70. The topological polar surface area (TPSA) is 52.3 Å². The lowest BCUT2D eigenvalue weighted by Crippen LogP contribution is -2.34. The van der Waals surface area contributed by atoms with E-state index in [1.165, 1.54) is 19.3 Å². The summed E-state index contributed by atoms with van der Waals surface area (Å²) in [4.78, 5) is 12.0. The van der Waals surface area contributed by atoms with Gasteiger partial charge in [0.25, 0.3) is 0 Å². The molecule has 0 spiro atoms. The number of nitrogens with two attached hydrogens (primary N) is 1. The highest BCUT2D eigenvalue weighted by Crippen LogP contribution is 2.29. The van der Waals surface area contributed by atoms with E-state index in [1.807, 2.05) is 0 Å². The third-order valence-electron chi connectivity index (χ3n) is 3.89. The summed E-state index contributed by atoms with van der Waals surface area (Å²) in [7, 11) is 0. The van der Waals surface area contributed by atoms with Gasteiger partial charge in [-0.3, -0.25) is 4.79 Å². The molecule has 3 unspecified atom stereocenters. The molecule has 1 saturated carbocycles. The zero-order chi connectivity index (χ0) is 12.7. The predicted octanol–water partition coefficient (Wildman–Crippen LogP) is 2.87. The monoisotopic (exact) mass is 241 g/mol. The standard InChI is InChI=1S/C14H27NO2/c1-3-7-12(10-15)14(16)17-13-9-6-5-8-11(13)4-2/h11-13H,3-10,15H2,1-2H3. The molecule has 0 aliphatic heterocycles. The summed E-state index contributed by atoms with van der Waals surface area (Å²) < 4.78 is 5.68.